The smallest absolute Gasteiger partial charge is 0.355 e. The molecule has 0 radical (unpaired) electrons. The zero-order valence-corrected chi connectivity index (χ0v) is 27.4. The van der Waals surface area contributed by atoms with Crippen LogP contribution in [0.25, 0.3) is 28.0 Å². The van der Waals surface area contributed by atoms with Crippen molar-refractivity contribution in [1.29, 1.82) is 0 Å². The minimum Gasteiger partial charge on any atom is -0.507 e. The van der Waals surface area contributed by atoms with Crippen molar-refractivity contribution < 1.29 is 14.3 Å². The van der Waals surface area contributed by atoms with Gasteiger partial charge in [-0.2, -0.15) is 4.98 Å². The number of aromatic nitrogens is 3. The Hall–Kier alpha value is -4.25. The van der Waals surface area contributed by atoms with Crippen molar-refractivity contribution in [2.24, 2.45) is 16.8 Å². The summed E-state index contributed by atoms with van der Waals surface area (Å²) in [6.45, 7) is 16.8. The van der Waals surface area contributed by atoms with Gasteiger partial charge in [0, 0.05) is 37.9 Å². The van der Waals surface area contributed by atoms with Gasteiger partial charge >= 0.3 is 5.69 Å². The number of piperazine rings is 1. The highest BCUT2D eigenvalue weighted by Gasteiger charge is 2.35. The van der Waals surface area contributed by atoms with Gasteiger partial charge in [-0.15, -0.1) is 0 Å². The zero-order valence-electron chi connectivity index (χ0n) is 26.7. The topological polar surface area (TPSA) is 107 Å². The van der Waals surface area contributed by atoms with E-state index in [0.717, 1.165) is 11.4 Å². The van der Waals surface area contributed by atoms with Crippen LogP contribution in [0.1, 0.15) is 41.5 Å². The lowest BCUT2D eigenvalue weighted by atomic mass is 9.96. The summed E-state index contributed by atoms with van der Waals surface area (Å²) in [6, 6.07) is 5.17. The molecule has 45 heavy (non-hydrogen) atoms. The van der Waals surface area contributed by atoms with Gasteiger partial charge in [0.2, 0.25) is 5.91 Å². The molecule has 0 bridgehead atoms. The number of rotatable bonds is 6. The molecule has 0 saturated carbocycles. The molecule has 0 aliphatic carbocycles. The van der Waals surface area contributed by atoms with Crippen molar-refractivity contribution in [2.75, 3.05) is 31.7 Å². The molecule has 12 heteroatoms. The van der Waals surface area contributed by atoms with E-state index in [1.165, 1.54) is 28.8 Å². The van der Waals surface area contributed by atoms with Crippen LogP contribution in [0.15, 0.2) is 52.4 Å². The fraction of sp³-hybridized carbons (Fsp3) is 0.424. The Balaban J connectivity index is 1.88. The molecule has 1 saturated heterocycles. The van der Waals surface area contributed by atoms with Crippen molar-refractivity contribution >= 4 is 45.8 Å². The van der Waals surface area contributed by atoms with Gasteiger partial charge in [0.05, 0.1) is 33.1 Å². The molecule has 2 atom stereocenters. The molecule has 10 nitrogen and oxygen atoms in total. The highest BCUT2D eigenvalue weighted by atomic mass is 35.5. The van der Waals surface area contributed by atoms with E-state index in [1.807, 2.05) is 58.4 Å². The molecule has 5 rings (SSSR count). The van der Waals surface area contributed by atoms with Crippen LogP contribution in [0.4, 0.5) is 10.2 Å². The predicted octanol–water partition coefficient (Wildman–Crippen LogP) is 5.39. The third kappa shape index (κ3) is 5.58. The molecule has 1 N–H and O–H groups in total. The molecule has 0 unspecified atom stereocenters. The van der Waals surface area contributed by atoms with Crippen LogP contribution in [-0.2, 0) is 4.79 Å². The molecule has 3 aromatic rings. The number of hydrogen-bond acceptors (Lipinski definition) is 8. The van der Waals surface area contributed by atoms with Gasteiger partial charge in [-0.1, -0.05) is 51.9 Å². The van der Waals surface area contributed by atoms with E-state index in [-0.39, 0.29) is 57.5 Å². The van der Waals surface area contributed by atoms with Crippen molar-refractivity contribution in [2.45, 2.75) is 53.6 Å². The number of carbonyl (C=O) groups is 1. The number of phenols is 1. The lowest BCUT2D eigenvalue weighted by Gasteiger charge is -2.44. The molecule has 238 valence electrons. The van der Waals surface area contributed by atoms with Crippen molar-refractivity contribution in [1.82, 2.24) is 24.3 Å². The van der Waals surface area contributed by atoms with Crippen LogP contribution in [-0.4, -0.2) is 79.9 Å². The summed E-state index contributed by atoms with van der Waals surface area (Å²) in [5.41, 5.74) is 1.62. The Labute approximate surface area is 267 Å². The summed E-state index contributed by atoms with van der Waals surface area (Å²) in [6.07, 6.45) is 1.30. The number of aliphatic imine (C=N–C) groups is 1. The number of phenolic OH excluding ortho intramolecular Hbond substituents is 1. The van der Waals surface area contributed by atoms with E-state index in [4.69, 9.17) is 21.6 Å². The Morgan fingerprint density at radius 1 is 1.13 bits per heavy atom. The second-order valence-corrected chi connectivity index (χ2v) is 12.8. The molecular formula is C33H39ClFN7O3. The number of anilines is 1. The van der Waals surface area contributed by atoms with Crippen LogP contribution in [0.2, 0.25) is 5.02 Å². The molecule has 2 aliphatic heterocycles. The van der Waals surface area contributed by atoms with E-state index >= 15 is 4.39 Å². The Morgan fingerprint density at radius 3 is 2.47 bits per heavy atom. The standard InChI is InChI=1S/C33H39ClFN7O3/c1-9-25(44)40-14-20(7)41(15-19(40)6)31-21-13-22(34)28(26-23(35)11-10-12-24(26)43)37-32(21)42(33(45)38-31)30-27(17(2)3)36-16-39(8)29(30)18(4)5/h9-13,17-20,43H,1,14-16H2,2-8H3/t19-,20+/m1/s1. The lowest BCUT2D eigenvalue weighted by molar-refractivity contribution is -0.128. The van der Waals surface area contributed by atoms with Gasteiger partial charge in [-0.05, 0) is 50.0 Å². The summed E-state index contributed by atoms with van der Waals surface area (Å²) in [7, 11) is 1.92. The third-order valence-corrected chi connectivity index (χ3v) is 8.70. The maximum absolute atomic E-state index is 15.2. The number of aromatic hydroxyl groups is 1. The summed E-state index contributed by atoms with van der Waals surface area (Å²) < 4.78 is 16.7. The SMILES string of the molecule is C=CC(=O)N1C[C@H](C)N(c2nc(=O)n(C3=C(C(C)C)N(C)CN=C3C(C)C)c3nc(-c4c(O)cccc4F)c(Cl)cc23)C[C@H]1C. The average Bonchev–Trinajstić information content (AvgIpc) is 2.97. The first-order valence-corrected chi connectivity index (χ1v) is 15.5. The molecular weight excluding hydrogens is 597 g/mol. The number of hydrogen-bond donors (Lipinski definition) is 1. The third-order valence-electron chi connectivity index (χ3n) is 8.41. The first kappa shape index (κ1) is 32.2. The normalized spacial score (nSPS) is 19.2. The van der Waals surface area contributed by atoms with Crippen LogP contribution < -0.4 is 10.6 Å². The molecule has 0 spiro atoms. The van der Waals surface area contributed by atoms with Crippen molar-refractivity contribution in [3.05, 3.63) is 63.9 Å². The number of nitrogens with zero attached hydrogens (tertiary/aromatic N) is 7. The van der Waals surface area contributed by atoms with Crippen LogP contribution in [0, 0.1) is 17.7 Å². The first-order chi connectivity index (χ1) is 21.3. The minimum absolute atomic E-state index is 0.00761. The first-order valence-electron chi connectivity index (χ1n) is 15.1. The Kier molecular flexibility index (Phi) is 8.77. The number of pyridine rings is 1. The van der Waals surface area contributed by atoms with E-state index < -0.39 is 11.5 Å². The highest BCUT2D eigenvalue weighted by Crippen LogP contribution is 2.40. The summed E-state index contributed by atoms with van der Waals surface area (Å²) >= 11 is 6.82. The van der Waals surface area contributed by atoms with Gasteiger partial charge < -0.3 is 19.8 Å². The van der Waals surface area contributed by atoms with Crippen molar-refractivity contribution in [3.8, 4) is 17.0 Å². The second-order valence-electron chi connectivity index (χ2n) is 12.3. The monoisotopic (exact) mass is 635 g/mol. The van der Waals surface area contributed by atoms with E-state index in [0.29, 0.717) is 36.7 Å². The number of halogens is 2. The Morgan fingerprint density at radius 2 is 1.84 bits per heavy atom. The average molecular weight is 636 g/mol. The number of carbonyl (C=O) groups excluding carboxylic acids is 1. The highest BCUT2D eigenvalue weighted by molar-refractivity contribution is 6.34. The fourth-order valence-electron chi connectivity index (χ4n) is 6.34. The molecule has 4 heterocycles. The molecule has 2 aliphatic rings. The summed E-state index contributed by atoms with van der Waals surface area (Å²) in [4.78, 5) is 46.9. The molecule has 2 aromatic heterocycles. The van der Waals surface area contributed by atoms with Gasteiger partial charge in [-0.3, -0.25) is 9.79 Å². The van der Waals surface area contributed by atoms with Crippen LogP contribution in [0.5, 0.6) is 5.75 Å². The van der Waals surface area contributed by atoms with Crippen LogP contribution in [0.3, 0.4) is 0 Å². The predicted molar refractivity (Wildman–Crippen MR) is 177 cm³/mol. The number of allylic oxidation sites excluding steroid dienone is 2. The lowest BCUT2D eigenvalue weighted by Crippen LogP contribution is -2.58. The second kappa shape index (κ2) is 12.3. The molecule has 1 aromatic carbocycles. The summed E-state index contributed by atoms with van der Waals surface area (Å²) in [5.74, 6) is -0.884. The van der Waals surface area contributed by atoms with E-state index in [9.17, 15) is 14.7 Å². The summed E-state index contributed by atoms with van der Waals surface area (Å²) in [5, 5.41) is 11.2. The van der Waals surface area contributed by atoms with Crippen LogP contribution >= 0.6 is 11.6 Å². The quantitative estimate of drug-likeness (QED) is 0.362. The maximum Gasteiger partial charge on any atom is 0.355 e. The Bertz CT molecular complexity index is 1800. The largest absolute Gasteiger partial charge is 0.507 e. The minimum atomic E-state index is -0.707. The number of amides is 1. The molecule has 1 fully saturated rings. The molecule has 1 amide bonds. The number of fused-ring (bicyclic) bond motifs is 1. The van der Waals surface area contributed by atoms with Gasteiger partial charge in [0.25, 0.3) is 0 Å². The zero-order chi connectivity index (χ0) is 32.9. The van der Waals surface area contributed by atoms with Gasteiger partial charge in [0.15, 0.2) is 5.65 Å². The van der Waals surface area contributed by atoms with E-state index in [2.05, 4.69) is 11.6 Å². The van der Waals surface area contributed by atoms with E-state index in [1.54, 1.807) is 11.0 Å². The maximum atomic E-state index is 15.2. The van der Waals surface area contributed by atoms with Crippen molar-refractivity contribution in [3.63, 3.8) is 0 Å². The van der Waals surface area contributed by atoms with Gasteiger partial charge in [-0.25, -0.2) is 18.7 Å². The number of benzene rings is 1. The van der Waals surface area contributed by atoms with Gasteiger partial charge in [0.1, 0.15) is 24.1 Å². The fourth-order valence-corrected chi connectivity index (χ4v) is 6.59.